The molecule has 2 N–H and O–H groups in total. The Morgan fingerprint density at radius 2 is 1.86 bits per heavy atom. The van der Waals surface area contributed by atoms with Gasteiger partial charge in [0.2, 0.25) is 0 Å². The van der Waals surface area contributed by atoms with Gasteiger partial charge in [-0.05, 0) is 41.0 Å². The fraction of sp³-hybridized carbons (Fsp3) is 0.111. The van der Waals surface area contributed by atoms with Gasteiger partial charge in [0.1, 0.15) is 5.82 Å². The van der Waals surface area contributed by atoms with Crippen molar-refractivity contribution in [2.24, 2.45) is 0 Å². The lowest BCUT2D eigenvalue weighted by Gasteiger charge is -2.13. The van der Waals surface area contributed by atoms with Gasteiger partial charge in [0.15, 0.2) is 5.69 Å². The van der Waals surface area contributed by atoms with Gasteiger partial charge in [-0.3, -0.25) is 9.89 Å². The lowest BCUT2D eigenvalue weighted by atomic mass is 9.99. The van der Waals surface area contributed by atoms with Crippen molar-refractivity contribution in [1.29, 1.82) is 0 Å². The highest BCUT2D eigenvalue weighted by Crippen LogP contribution is 2.32. The van der Waals surface area contributed by atoms with Gasteiger partial charge in [0.05, 0.1) is 21.8 Å². The van der Waals surface area contributed by atoms with Crippen LogP contribution < -0.4 is 5.32 Å². The third kappa shape index (κ3) is 4.28. The summed E-state index contributed by atoms with van der Waals surface area (Å²) in [5.74, 6) is -1.49. The Bertz CT molecular complexity index is 1030. The number of rotatable bonds is 4. The third-order valence-corrected chi connectivity index (χ3v) is 4.65. The van der Waals surface area contributed by atoms with Crippen molar-refractivity contribution in [2.75, 3.05) is 0 Å². The molecule has 0 saturated heterocycles. The number of benzene rings is 2. The highest BCUT2D eigenvalue weighted by Gasteiger charge is 2.37. The largest absolute Gasteiger partial charge is 0.433 e. The van der Waals surface area contributed by atoms with Crippen LogP contribution in [0.1, 0.15) is 21.6 Å². The number of amides is 1. The summed E-state index contributed by atoms with van der Waals surface area (Å²) in [6, 6.07) is 8.52. The average Bonchev–Trinajstić information content (AvgIpc) is 3.13. The van der Waals surface area contributed by atoms with E-state index >= 15 is 0 Å². The number of hydrogen-bond acceptors (Lipinski definition) is 2. The molecule has 0 aliphatic carbocycles. The van der Waals surface area contributed by atoms with Crippen LogP contribution in [0.25, 0.3) is 11.1 Å². The van der Waals surface area contributed by atoms with Crippen LogP contribution in [0.3, 0.4) is 0 Å². The zero-order valence-corrected chi connectivity index (χ0v) is 15.4. The van der Waals surface area contributed by atoms with E-state index in [1.165, 1.54) is 30.3 Å². The van der Waals surface area contributed by atoms with Crippen LogP contribution in [0.2, 0.25) is 10.0 Å². The fourth-order valence-electron chi connectivity index (χ4n) is 2.58. The summed E-state index contributed by atoms with van der Waals surface area (Å²) in [4.78, 5) is 12.2. The van der Waals surface area contributed by atoms with E-state index in [-0.39, 0.29) is 11.6 Å². The number of H-pyrrole nitrogens is 1. The molecule has 1 amide bonds. The number of halogens is 6. The first-order valence-corrected chi connectivity index (χ1v) is 8.55. The average molecular weight is 432 g/mol. The molecule has 3 aromatic rings. The number of alkyl halides is 3. The molecule has 0 aliphatic heterocycles. The molecule has 0 aliphatic rings. The molecule has 0 radical (unpaired) electrons. The van der Waals surface area contributed by atoms with Crippen LogP contribution in [-0.4, -0.2) is 16.1 Å². The molecule has 1 heterocycles. The molecule has 1 aromatic heterocycles. The predicted molar refractivity (Wildman–Crippen MR) is 96.6 cm³/mol. The molecule has 0 spiro atoms. The summed E-state index contributed by atoms with van der Waals surface area (Å²) in [7, 11) is 0. The second-order valence-corrected chi connectivity index (χ2v) is 6.58. The minimum absolute atomic E-state index is 0.142. The van der Waals surface area contributed by atoms with Crippen molar-refractivity contribution >= 4 is 29.1 Å². The minimum Gasteiger partial charge on any atom is -0.348 e. The molecule has 0 atom stereocenters. The van der Waals surface area contributed by atoms with Gasteiger partial charge in [-0.2, -0.15) is 18.3 Å². The predicted octanol–water partition coefficient (Wildman–Crippen LogP) is 5.47. The second kappa shape index (κ2) is 7.81. The first kappa shape index (κ1) is 20.2. The van der Waals surface area contributed by atoms with Crippen molar-refractivity contribution in [1.82, 2.24) is 15.5 Å². The lowest BCUT2D eigenvalue weighted by molar-refractivity contribution is -0.141. The zero-order chi connectivity index (χ0) is 20.5. The summed E-state index contributed by atoms with van der Waals surface area (Å²) in [6.07, 6.45) is -3.95. The van der Waals surface area contributed by atoms with E-state index in [2.05, 4.69) is 10.4 Å². The Balaban J connectivity index is 1.87. The van der Waals surface area contributed by atoms with Crippen molar-refractivity contribution in [3.8, 4) is 11.1 Å². The Labute approximate surface area is 166 Å². The fourth-order valence-corrected chi connectivity index (χ4v) is 2.88. The number of carbonyl (C=O) groups excluding carboxylic acids is 1. The monoisotopic (exact) mass is 431 g/mol. The van der Waals surface area contributed by atoms with Crippen LogP contribution in [0.4, 0.5) is 17.6 Å². The maximum absolute atomic E-state index is 13.7. The number of nitrogens with one attached hydrogen (secondary N) is 2. The van der Waals surface area contributed by atoms with E-state index in [0.29, 0.717) is 21.7 Å². The van der Waals surface area contributed by atoms with E-state index in [0.717, 1.165) is 6.20 Å². The molecule has 2 aromatic carbocycles. The Hall–Kier alpha value is -2.58. The van der Waals surface area contributed by atoms with Crippen LogP contribution in [0.15, 0.2) is 42.6 Å². The van der Waals surface area contributed by atoms with Gasteiger partial charge in [0.25, 0.3) is 5.91 Å². The molecule has 0 bridgehead atoms. The van der Waals surface area contributed by atoms with Gasteiger partial charge in [-0.1, -0.05) is 35.3 Å². The molecular weight excluding hydrogens is 421 g/mol. The SMILES string of the molecule is O=C(NCc1ccc(F)cc1-c1ccc(Cl)c(Cl)c1)c1cn[nH]c1C(F)(F)F. The number of aromatic nitrogens is 2. The summed E-state index contributed by atoms with van der Waals surface area (Å²) >= 11 is 11.9. The quantitative estimate of drug-likeness (QED) is 0.538. The standard InChI is InChI=1S/C18H11Cl2F4N3O/c19-14-4-2-9(5-15(14)20)12-6-11(21)3-1-10(12)7-25-17(28)13-8-26-27-16(13)18(22,23)24/h1-6,8H,7H2,(H,25,28)(H,26,27). The number of aromatic amines is 1. The molecule has 0 unspecified atom stereocenters. The highest BCUT2D eigenvalue weighted by molar-refractivity contribution is 6.42. The van der Waals surface area contributed by atoms with E-state index in [1.54, 1.807) is 11.2 Å². The van der Waals surface area contributed by atoms with Crippen LogP contribution in [0, 0.1) is 5.82 Å². The molecule has 10 heteroatoms. The van der Waals surface area contributed by atoms with Gasteiger partial charge < -0.3 is 5.32 Å². The van der Waals surface area contributed by atoms with Gasteiger partial charge in [-0.15, -0.1) is 0 Å². The molecule has 0 fully saturated rings. The summed E-state index contributed by atoms with van der Waals surface area (Å²) in [5.41, 5.74) is -0.441. The third-order valence-electron chi connectivity index (χ3n) is 3.91. The normalized spacial score (nSPS) is 11.5. The maximum Gasteiger partial charge on any atom is 0.433 e. The van der Waals surface area contributed by atoms with E-state index in [9.17, 15) is 22.4 Å². The van der Waals surface area contributed by atoms with Crippen molar-refractivity contribution < 1.29 is 22.4 Å². The second-order valence-electron chi connectivity index (χ2n) is 5.77. The Morgan fingerprint density at radius 3 is 2.54 bits per heavy atom. The molecule has 146 valence electrons. The van der Waals surface area contributed by atoms with Crippen molar-refractivity contribution in [3.63, 3.8) is 0 Å². The van der Waals surface area contributed by atoms with Gasteiger partial charge in [-0.25, -0.2) is 4.39 Å². The summed E-state index contributed by atoms with van der Waals surface area (Å²) < 4.78 is 52.4. The Morgan fingerprint density at radius 1 is 1.11 bits per heavy atom. The highest BCUT2D eigenvalue weighted by atomic mass is 35.5. The molecule has 3 rings (SSSR count). The summed E-state index contributed by atoms with van der Waals surface area (Å²) in [5, 5.41) is 8.01. The number of carbonyl (C=O) groups is 1. The summed E-state index contributed by atoms with van der Waals surface area (Å²) in [6.45, 7) is -0.142. The van der Waals surface area contributed by atoms with Gasteiger partial charge in [0, 0.05) is 6.54 Å². The van der Waals surface area contributed by atoms with E-state index in [1.807, 2.05) is 0 Å². The first-order valence-electron chi connectivity index (χ1n) is 7.79. The molecule has 4 nitrogen and oxygen atoms in total. The zero-order valence-electron chi connectivity index (χ0n) is 13.9. The van der Waals surface area contributed by atoms with E-state index in [4.69, 9.17) is 23.2 Å². The minimum atomic E-state index is -4.75. The Kier molecular flexibility index (Phi) is 5.62. The van der Waals surface area contributed by atoms with Crippen LogP contribution in [-0.2, 0) is 12.7 Å². The lowest BCUT2D eigenvalue weighted by Crippen LogP contribution is -2.25. The molecule has 0 saturated carbocycles. The van der Waals surface area contributed by atoms with Gasteiger partial charge >= 0.3 is 6.18 Å². The maximum atomic E-state index is 13.7. The van der Waals surface area contributed by atoms with E-state index < -0.39 is 29.2 Å². The van der Waals surface area contributed by atoms with Crippen LogP contribution >= 0.6 is 23.2 Å². The first-order chi connectivity index (χ1) is 13.2. The smallest absolute Gasteiger partial charge is 0.348 e. The topological polar surface area (TPSA) is 57.8 Å². The van der Waals surface area contributed by atoms with Crippen molar-refractivity contribution in [3.05, 3.63) is 75.3 Å². The number of nitrogens with zero attached hydrogens (tertiary/aromatic N) is 1. The molecule has 28 heavy (non-hydrogen) atoms. The van der Waals surface area contributed by atoms with Crippen LogP contribution in [0.5, 0.6) is 0 Å². The molecular formula is C18H11Cl2F4N3O. The number of hydrogen-bond donors (Lipinski definition) is 2. The van der Waals surface area contributed by atoms with Crippen molar-refractivity contribution in [2.45, 2.75) is 12.7 Å².